The summed E-state index contributed by atoms with van der Waals surface area (Å²) in [4.78, 5) is 1.41. The first-order valence-corrected chi connectivity index (χ1v) is 4.79. The maximum Gasteiger partial charge on any atom is 0.194 e. The van der Waals surface area contributed by atoms with Gasteiger partial charge in [0.2, 0.25) is 0 Å². The highest BCUT2D eigenvalue weighted by Crippen LogP contribution is 2.27. The number of nitrogens with two attached hydrogens (primary N) is 1. The fourth-order valence-electron chi connectivity index (χ4n) is 1.76. The van der Waals surface area contributed by atoms with E-state index in [1.54, 1.807) is 7.05 Å². The van der Waals surface area contributed by atoms with Gasteiger partial charge in [-0.3, -0.25) is 0 Å². The fraction of sp³-hybridized carbons (Fsp3) is 0.875. The van der Waals surface area contributed by atoms with Crippen molar-refractivity contribution in [2.24, 2.45) is 18.7 Å². The Labute approximate surface area is 82.4 Å². The first kappa shape index (κ1) is 9.54. The van der Waals surface area contributed by atoms with Gasteiger partial charge in [0.25, 0.3) is 0 Å². The molecule has 1 aliphatic heterocycles. The summed E-state index contributed by atoms with van der Waals surface area (Å²) in [5.41, 5.74) is 6.00. The third kappa shape index (κ3) is 1.62. The zero-order valence-electron chi connectivity index (χ0n) is 8.42. The molecule has 1 fully saturated rings. The molecular weight excluding hydrogens is 182 g/mol. The van der Waals surface area contributed by atoms with Crippen LogP contribution in [0.3, 0.4) is 0 Å². The van der Waals surface area contributed by atoms with E-state index in [0.29, 0.717) is 11.7 Å². The summed E-state index contributed by atoms with van der Waals surface area (Å²) in [6.07, 6.45) is 1.08. The highest BCUT2D eigenvalue weighted by Gasteiger charge is 2.33. The van der Waals surface area contributed by atoms with Crippen LogP contribution in [0, 0.1) is 5.92 Å². The van der Waals surface area contributed by atoms with Gasteiger partial charge in [-0.1, -0.05) is 6.92 Å². The van der Waals surface area contributed by atoms with Crippen LogP contribution in [0.2, 0.25) is 0 Å². The minimum atomic E-state index is -0.263. The number of hydrogen-bond acceptors (Lipinski definition) is 5. The predicted octanol–water partition coefficient (Wildman–Crippen LogP) is -0.365. The molecule has 1 aromatic rings. The van der Waals surface area contributed by atoms with Crippen LogP contribution in [0.5, 0.6) is 0 Å². The van der Waals surface area contributed by atoms with Crippen molar-refractivity contribution in [3.8, 4) is 0 Å². The number of aryl methyl sites for hydroxylation is 1. The maximum absolute atomic E-state index is 6.00. The van der Waals surface area contributed by atoms with Gasteiger partial charge in [0, 0.05) is 6.61 Å². The number of aromatic nitrogens is 4. The molecule has 0 saturated carbocycles. The average Bonchev–Trinajstić information content (AvgIpc) is 2.73. The molecule has 0 amide bonds. The van der Waals surface area contributed by atoms with Gasteiger partial charge in [0.1, 0.15) is 0 Å². The summed E-state index contributed by atoms with van der Waals surface area (Å²) < 4.78 is 5.55. The molecule has 0 aromatic carbocycles. The van der Waals surface area contributed by atoms with Crippen LogP contribution in [0.1, 0.15) is 25.2 Å². The van der Waals surface area contributed by atoms with Crippen molar-refractivity contribution >= 4 is 0 Å². The summed E-state index contributed by atoms with van der Waals surface area (Å²) in [5, 5.41) is 11.7. The van der Waals surface area contributed by atoms with Crippen LogP contribution in [0.4, 0.5) is 0 Å². The van der Waals surface area contributed by atoms with E-state index in [1.165, 1.54) is 4.80 Å². The summed E-state index contributed by atoms with van der Waals surface area (Å²) in [6.45, 7) is 2.91. The number of rotatable bonds is 2. The minimum absolute atomic E-state index is 0.0270. The van der Waals surface area contributed by atoms with Crippen LogP contribution < -0.4 is 5.73 Å². The molecule has 0 bridgehead atoms. The molecule has 2 heterocycles. The third-order valence-corrected chi connectivity index (χ3v) is 2.62. The largest absolute Gasteiger partial charge is 0.376 e. The van der Waals surface area contributed by atoms with Crippen molar-refractivity contribution in [2.75, 3.05) is 6.61 Å². The highest BCUT2D eigenvalue weighted by atomic mass is 16.5. The second-order valence-corrected chi connectivity index (χ2v) is 3.76. The Morgan fingerprint density at radius 3 is 2.93 bits per heavy atom. The first-order chi connectivity index (χ1) is 6.68. The maximum atomic E-state index is 6.00. The zero-order valence-corrected chi connectivity index (χ0v) is 8.42. The van der Waals surface area contributed by atoms with Crippen LogP contribution in [-0.2, 0) is 11.8 Å². The zero-order chi connectivity index (χ0) is 10.1. The Kier molecular flexibility index (Phi) is 2.47. The molecule has 6 heteroatoms. The van der Waals surface area contributed by atoms with Crippen molar-refractivity contribution in [1.29, 1.82) is 0 Å². The molecule has 14 heavy (non-hydrogen) atoms. The van der Waals surface area contributed by atoms with E-state index in [1.807, 2.05) is 0 Å². The van der Waals surface area contributed by atoms with Crippen molar-refractivity contribution in [2.45, 2.75) is 25.5 Å². The molecule has 0 spiro atoms. The van der Waals surface area contributed by atoms with Gasteiger partial charge in [-0.05, 0) is 17.6 Å². The molecule has 3 unspecified atom stereocenters. The molecule has 2 N–H and O–H groups in total. The monoisotopic (exact) mass is 197 g/mol. The number of nitrogens with zero attached hydrogens (tertiary/aromatic N) is 4. The Morgan fingerprint density at radius 2 is 2.43 bits per heavy atom. The molecular formula is C8H15N5O. The molecule has 3 atom stereocenters. The second kappa shape index (κ2) is 3.62. The Morgan fingerprint density at radius 1 is 1.64 bits per heavy atom. The fourth-order valence-corrected chi connectivity index (χ4v) is 1.76. The van der Waals surface area contributed by atoms with Gasteiger partial charge in [0.15, 0.2) is 5.82 Å². The van der Waals surface area contributed by atoms with Crippen molar-refractivity contribution < 1.29 is 4.74 Å². The van der Waals surface area contributed by atoms with Crippen LogP contribution in [0.25, 0.3) is 0 Å². The normalized spacial score (nSPS) is 29.4. The van der Waals surface area contributed by atoms with Crippen LogP contribution in [0.15, 0.2) is 0 Å². The van der Waals surface area contributed by atoms with E-state index in [4.69, 9.17) is 10.5 Å². The molecule has 2 rings (SSSR count). The van der Waals surface area contributed by atoms with Crippen molar-refractivity contribution in [1.82, 2.24) is 20.2 Å². The molecule has 6 nitrogen and oxygen atoms in total. The van der Waals surface area contributed by atoms with Gasteiger partial charge in [0.05, 0.1) is 19.2 Å². The lowest BCUT2D eigenvalue weighted by molar-refractivity contribution is 0.0700. The Bertz CT molecular complexity index is 312. The van der Waals surface area contributed by atoms with Crippen molar-refractivity contribution in [3.05, 3.63) is 5.82 Å². The van der Waals surface area contributed by atoms with Crippen LogP contribution in [-0.4, -0.2) is 32.9 Å². The molecule has 1 aliphatic rings. The third-order valence-electron chi connectivity index (χ3n) is 2.62. The number of ether oxygens (including phenoxy) is 1. The van der Waals surface area contributed by atoms with E-state index in [9.17, 15) is 0 Å². The van der Waals surface area contributed by atoms with E-state index >= 15 is 0 Å². The standard InChI is InChI=1S/C8H15N5O/c1-5-3-4-14-7(5)6(9)8-10-12-13(2)11-8/h5-7H,3-4,9H2,1-2H3. The van der Waals surface area contributed by atoms with E-state index in [0.717, 1.165) is 13.0 Å². The van der Waals surface area contributed by atoms with Crippen LogP contribution >= 0.6 is 0 Å². The minimum Gasteiger partial charge on any atom is -0.376 e. The first-order valence-electron chi connectivity index (χ1n) is 4.79. The predicted molar refractivity (Wildman–Crippen MR) is 49.2 cm³/mol. The molecule has 1 aromatic heterocycles. The number of tetrazole rings is 1. The van der Waals surface area contributed by atoms with Gasteiger partial charge in [-0.25, -0.2) is 0 Å². The van der Waals surface area contributed by atoms with E-state index in [2.05, 4.69) is 22.3 Å². The molecule has 78 valence electrons. The van der Waals surface area contributed by atoms with Gasteiger partial charge >= 0.3 is 0 Å². The summed E-state index contributed by atoms with van der Waals surface area (Å²) >= 11 is 0. The SMILES string of the molecule is CC1CCOC1C(N)c1nnn(C)n1. The van der Waals surface area contributed by atoms with Gasteiger partial charge in [-0.15, -0.1) is 10.2 Å². The highest BCUT2D eigenvalue weighted by molar-refractivity contribution is 4.95. The molecule has 0 aliphatic carbocycles. The van der Waals surface area contributed by atoms with Crippen molar-refractivity contribution in [3.63, 3.8) is 0 Å². The smallest absolute Gasteiger partial charge is 0.194 e. The second-order valence-electron chi connectivity index (χ2n) is 3.76. The van der Waals surface area contributed by atoms with E-state index in [-0.39, 0.29) is 12.1 Å². The Hall–Kier alpha value is -1.01. The molecule has 1 saturated heterocycles. The lowest BCUT2D eigenvalue weighted by Crippen LogP contribution is -2.30. The van der Waals surface area contributed by atoms with Gasteiger partial charge in [-0.2, -0.15) is 4.80 Å². The lowest BCUT2D eigenvalue weighted by Gasteiger charge is -2.19. The Balaban J connectivity index is 2.11. The topological polar surface area (TPSA) is 78.9 Å². The van der Waals surface area contributed by atoms with Gasteiger partial charge < -0.3 is 10.5 Å². The number of hydrogen-bond donors (Lipinski definition) is 1. The van der Waals surface area contributed by atoms with E-state index < -0.39 is 0 Å². The average molecular weight is 197 g/mol. The summed E-state index contributed by atoms with van der Waals surface area (Å²) in [7, 11) is 1.72. The molecule has 0 radical (unpaired) electrons. The summed E-state index contributed by atoms with van der Waals surface area (Å²) in [5.74, 6) is 1.03. The summed E-state index contributed by atoms with van der Waals surface area (Å²) in [6, 6.07) is -0.263. The quantitative estimate of drug-likeness (QED) is 0.700. The lowest BCUT2D eigenvalue weighted by atomic mass is 9.98.